The molecule has 118 valence electrons. The molecular weight excluding hydrogens is 320 g/mol. The van der Waals surface area contributed by atoms with Crippen molar-refractivity contribution in [3.63, 3.8) is 0 Å². The maximum atomic E-state index is 12.4. The number of amides is 1. The number of anilines is 1. The molecule has 4 aromatic rings. The van der Waals surface area contributed by atoms with Crippen LogP contribution in [0.15, 0.2) is 42.6 Å². The molecule has 0 saturated heterocycles. The molecule has 2 aromatic carbocycles. The first-order valence-corrected chi connectivity index (χ1v) is 8.33. The first-order valence-electron chi connectivity index (χ1n) is 7.51. The highest BCUT2D eigenvalue weighted by molar-refractivity contribution is 7.22. The molecule has 0 bridgehead atoms. The highest BCUT2D eigenvalue weighted by atomic mass is 32.1. The summed E-state index contributed by atoms with van der Waals surface area (Å²) in [5.74, 6) is -0.304. The Morgan fingerprint density at radius 1 is 1.04 bits per heavy atom. The van der Waals surface area contributed by atoms with E-state index >= 15 is 0 Å². The summed E-state index contributed by atoms with van der Waals surface area (Å²) >= 11 is 1.47. The van der Waals surface area contributed by atoms with Crippen LogP contribution in [0, 0.1) is 13.8 Å². The van der Waals surface area contributed by atoms with Crippen LogP contribution >= 0.6 is 11.3 Å². The molecule has 0 aliphatic rings. The fraction of sp³-hybridized carbons (Fsp3) is 0.111. The summed E-state index contributed by atoms with van der Waals surface area (Å²) in [5.41, 5.74) is 4.95. The van der Waals surface area contributed by atoms with Crippen molar-refractivity contribution in [2.75, 3.05) is 5.32 Å². The molecule has 0 saturated carbocycles. The van der Waals surface area contributed by atoms with Gasteiger partial charge in [-0.1, -0.05) is 29.5 Å². The van der Waals surface area contributed by atoms with E-state index in [0.29, 0.717) is 10.6 Å². The molecular formula is C18H14N4OS. The van der Waals surface area contributed by atoms with Crippen LogP contribution in [-0.4, -0.2) is 20.9 Å². The van der Waals surface area contributed by atoms with E-state index in [0.717, 1.165) is 26.9 Å². The van der Waals surface area contributed by atoms with E-state index in [2.05, 4.69) is 26.3 Å². The van der Waals surface area contributed by atoms with Gasteiger partial charge in [-0.3, -0.25) is 15.1 Å². The van der Waals surface area contributed by atoms with Crippen molar-refractivity contribution in [2.24, 2.45) is 0 Å². The SMILES string of the molecule is Cc1cc(C)c2sc(NC(=O)c3cnc4ccccc4n3)nc2c1. The Morgan fingerprint density at radius 3 is 2.67 bits per heavy atom. The van der Waals surface area contributed by atoms with Crippen LogP contribution in [0.2, 0.25) is 0 Å². The van der Waals surface area contributed by atoms with Crippen LogP contribution in [0.4, 0.5) is 5.13 Å². The van der Waals surface area contributed by atoms with Crippen LogP contribution < -0.4 is 5.32 Å². The normalized spacial score (nSPS) is 11.1. The van der Waals surface area contributed by atoms with E-state index in [1.807, 2.05) is 44.2 Å². The van der Waals surface area contributed by atoms with Gasteiger partial charge in [0.1, 0.15) is 5.69 Å². The number of benzene rings is 2. The minimum absolute atomic E-state index is 0.279. The van der Waals surface area contributed by atoms with E-state index in [9.17, 15) is 4.79 Å². The molecule has 1 amide bonds. The molecule has 0 fully saturated rings. The third-order valence-electron chi connectivity index (χ3n) is 3.72. The van der Waals surface area contributed by atoms with Gasteiger partial charge in [0.15, 0.2) is 5.13 Å². The molecule has 1 N–H and O–H groups in total. The van der Waals surface area contributed by atoms with Crippen LogP contribution in [0.1, 0.15) is 21.6 Å². The van der Waals surface area contributed by atoms with Gasteiger partial charge in [-0.25, -0.2) is 9.97 Å². The van der Waals surface area contributed by atoms with Crippen molar-refractivity contribution in [3.05, 3.63) is 59.4 Å². The van der Waals surface area contributed by atoms with Gasteiger partial charge in [-0.2, -0.15) is 0 Å². The standard InChI is InChI=1S/C18H14N4OS/c1-10-7-11(2)16-14(8-10)21-18(24-16)22-17(23)15-9-19-12-5-3-4-6-13(12)20-15/h3-9H,1-2H3,(H,21,22,23). The van der Waals surface area contributed by atoms with Crippen LogP contribution in [0.5, 0.6) is 0 Å². The molecule has 5 nitrogen and oxygen atoms in total. The molecule has 6 heteroatoms. The third-order valence-corrected chi connectivity index (χ3v) is 4.84. The molecule has 2 aromatic heterocycles. The number of hydrogen-bond acceptors (Lipinski definition) is 5. The quantitative estimate of drug-likeness (QED) is 0.599. The highest BCUT2D eigenvalue weighted by Gasteiger charge is 2.13. The first kappa shape index (κ1) is 14.7. The van der Waals surface area contributed by atoms with Crippen molar-refractivity contribution in [3.8, 4) is 0 Å². The minimum Gasteiger partial charge on any atom is -0.296 e. The Hall–Kier alpha value is -2.86. The van der Waals surface area contributed by atoms with Gasteiger partial charge in [0.05, 0.1) is 27.4 Å². The molecule has 2 heterocycles. The molecule has 0 spiro atoms. The average molecular weight is 334 g/mol. The second-order valence-corrected chi connectivity index (χ2v) is 6.65. The molecule has 4 rings (SSSR count). The highest BCUT2D eigenvalue weighted by Crippen LogP contribution is 2.30. The van der Waals surface area contributed by atoms with Gasteiger partial charge in [0.2, 0.25) is 0 Å². The van der Waals surface area contributed by atoms with Gasteiger partial charge in [-0.15, -0.1) is 0 Å². The van der Waals surface area contributed by atoms with Gasteiger partial charge in [-0.05, 0) is 43.2 Å². The van der Waals surface area contributed by atoms with Gasteiger partial charge in [0, 0.05) is 0 Å². The fourth-order valence-electron chi connectivity index (χ4n) is 2.66. The lowest BCUT2D eigenvalue weighted by Crippen LogP contribution is -2.13. The van der Waals surface area contributed by atoms with Crippen molar-refractivity contribution in [2.45, 2.75) is 13.8 Å². The number of carbonyl (C=O) groups excluding carboxylic acids is 1. The smallest absolute Gasteiger partial charge is 0.277 e. The Morgan fingerprint density at radius 2 is 1.83 bits per heavy atom. The summed E-state index contributed by atoms with van der Waals surface area (Å²) in [7, 11) is 0. The van der Waals surface area contributed by atoms with E-state index < -0.39 is 0 Å². The number of nitrogens with zero attached hydrogens (tertiary/aromatic N) is 3. The zero-order chi connectivity index (χ0) is 16.7. The minimum atomic E-state index is -0.304. The van der Waals surface area contributed by atoms with Gasteiger partial charge in [0.25, 0.3) is 5.91 Å². The molecule has 0 aliphatic heterocycles. The number of para-hydroxylation sites is 2. The zero-order valence-electron chi connectivity index (χ0n) is 13.2. The van der Waals surface area contributed by atoms with Gasteiger partial charge >= 0.3 is 0 Å². The molecule has 24 heavy (non-hydrogen) atoms. The van der Waals surface area contributed by atoms with Crippen molar-refractivity contribution < 1.29 is 4.79 Å². The van der Waals surface area contributed by atoms with Crippen molar-refractivity contribution in [1.29, 1.82) is 0 Å². The zero-order valence-corrected chi connectivity index (χ0v) is 14.0. The summed E-state index contributed by atoms with van der Waals surface area (Å²) in [6.45, 7) is 4.09. The number of rotatable bonds is 2. The lowest BCUT2D eigenvalue weighted by atomic mass is 10.1. The summed E-state index contributed by atoms with van der Waals surface area (Å²) < 4.78 is 1.08. The monoisotopic (exact) mass is 334 g/mol. The second-order valence-electron chi connectivity index (χ2n) is 5.65. The lowest BCUT2D eigenvalue weighted by Gasteiger charge is -2.02. The number of thiazole rings is 1. The number of fused-ring (bicyclic) bond motifs is 2. The lowest BCUT2D eigenvalue weighted by molar-refractivity contribution is 0.102. The number of aromatic nitrogens is 3. The van der Waals surface area contributed by atoms with Crippen LogP contribution in [0.3, 0.4) is 0 Å². The Balaban J connectivity index is 1.66. The second kappa shape index (κ2) is 5.65. The van der Waals surface area contributed by atoms with Crippen molar-refractivity contribution in [1.82, 2.24) is 15.0 Å². The molecule has 0 unspecified atom stereocenters. The maximum Gasteiger partial charge on any atom is 0.277 e. The van der Waals surface area contributed by atoms with E-state index in [-0.39, 0.29) is 11.6 Å². The van der Waals surface area contributed by atoms with Crippen molar-refractivity contribution >= 4 is 43.6 Å². The van der Waals surface area contributed by atoms with Crippen LogP contribution in [0.25, 0.3) is 21.3 Å². The predicted octanol–water partition coefficient (Wildman–Crippen LogP) is 4.11. The number of nitrogens with one attached hydrogen (secondary N) is 1. The Bertz CT molecular complexity index is 1090. The average Bonchev–Trinajstić information content (AvgIpc) is 2.97. The fourth-order valence-corrected chi connectivity index (χ4v) is 3.57. The molecule has 0 atom stereocenters. The third kappa shape index (κ3) is 2.61. The number of hydrogen-bond donors (Lipinski definition) is 1. The number of aryl methyl sites for hydroxylation is 2. The summed E-state index contributed by atoms with van der Waals surface area (Å²) in [5, 5.41) is 3.39. The van der Waals surface area contributed by atoms with Gasteiger partial charge < -0.3 is 0 Å². The van der Waals surface area contributed by atoms with E-state index in [1.165, 1.54) is 17.5 Å². The summed E-state index contributed by atoms with van der Waals surface area (Å²) in [6.07, 6.45) is 1.49. The molecule has 0 aliphatic carbocycles. The Labute approximate surface area is 142 Å². The van der Waals surface area contributed by atoms with E-state index in [4.69, 9.17) is 0 Å². The number of carbonyl (C=O) groups is 1. The largest absolute Gasteiger partial charge is 0.296 e. The van der Waals surface area contributed by atoms with E-state index in [1.54, 1.807) is 0 Å². The first-order chi connectivity index (χ1) is 11.6. The van der Waals surface area contributed by atoms with Crippen LogP contribution in [-0.2, 0) is 0 Å². The Kier molecular flexibility index (Phi) is 3.46. The summed E-state index contributed by atoms with van der Waals surface area (Å²) in [4.78, 5) is 25.6. The predicted molar refractivity (Wildman–Crippen MR) is 96.6 cm³/mol. The summed E-state index contributed by atoms with van der Waals surface area (Å²) in [6, 6.07) is 11.6. The maximum absolute atomic E-state index is 12.4. The molecule has 0 radical (unpaired) electrons. The topological polar surface area (TPSA) is 67.8 Å².